The van der Waals surface area contributed by atoms with E-state index in [1.54, 1.807) is 30.3 Å². The molecule has 0 saturated carbocycles. The average Bonchev–Trinajstić information content (AvgIpc) is 2.39. The SMILES string of the molecule is COc1ccc(OC)c(NN=C(C#N)C#N)c1. The van der Waals surface area contributed by atoms with Crippen molar-refractivity contribution in [3.63, 3.8) is 0 Å². The number of hydrogen-bond donors (Lipinski definition) is 1. The highest BCUT2D eigenvalue weighted by molar-refractivity contribution is 6.10. The third-order valence-electron chi connectivity index (χ3n) is 1.91. The first kappa shape index (κ1) is 12.3. The van der Waals surface area contributed by atoms with Crippen LogP contribution in [0.15, 0.2) is 23.3 Å². The van der Waals surface area contributed by atoms with Crippen molar-refractivity contribution in [2.45, 2.75) is 0 Å². The zero-order chi connectivity index (χ0) is 12.7. The molecule has 1 aromatic carbocycles. The maximum Gasteiger partial charge on any atom is 0.237 e. The molecule has 0 radical (unpaired) electrons. The fourth-order valence-electron chi connectivity index (χ4n) is 1.09. The van der Waals surface area contributed by atoms with Crippen LogP contribution in [0, 0.1) is 22.7 Å². The summed E-state index contributed by atoms with van der Waals surface area (Å²) in [4.78, 5) is 0. The number of benzene rings is 1. The van der Waals surface area contributed by atoms with Gasteiger partial charge in [-0.05, 0) is 12.1 Å². The summed E-state index contributed by atoms with van der Waals surface area (Å²) < 4.78 is 10.1. The molecule has 0 amide bonds. The molecule has 0 aliphatic carbocycles. The molecule has 0 aromatic heterocycles. The number of anilines is 1. The molecule has 0 heterocycles. The third-order valence-corrected chi connectivity index (χ3v) is 1.91. The van der Waals surface area contributed by atoms with Crippen LogP contribution in [0.5, 0.6) is 11.5 Å². The third kappa shape index (κ3) is 3.11. The van der Waals surface area contributed by atoms with Crippen LogP contribution in [0.3, 0.4) is 0 Å². The molecule has 0 atom stereocenters. The van der Waals surface area contributed by atoms with Crippen LogP contribution < -0.4 is 14.9 Å². The first-order valence-electron chi connectivity index (χ1n) is 4.61. The average molecular weight is 230 g/mol. The predicted molar refractivity (Wildman–Crippen MR) is 61.8 cm³/mol. The van der Waals surface area contributed by atoms with Crippen LogP contribution in [0.1, 0.15) is 0 Å². The summed E-state index contributed by atoms with van der Waals surface area (Å²) in [6.45, 7) is 0. The van der Waals surface area contributed by atoms with E-state index in [1.165, 1.54) is 14.2 Å². The van der Waals surface area contributed by atoms with Gasteiger partial charge < -0.3 is 9.47 Å². The van der Waals surface area contributed by atoms with Crippen molar-refractivity contribution in [1.29, 1.82) is 10.5 Å². The van der Waals surface area contributed by atoms with E-state index in [2.05, 4.69) is 10.5 Å². The molecule has 1 N–H and O–H groups in total. The Morgan fingerprint density at radius 3 is 2.47 bits per heavy atom. The van der Waals surface area contributed by atoms with Gasteiger partial charge in [0.25, 0.3) is 0 Å². The fraction of sp³-hybridized carbons (Fsp3) is 0.182. The Hall–Kier alpha value is -2.73. The molecule has 0 bridgehead atoms. The van der Waals surface area contributed by atoms with Crippen molar-refractivity contribution < 1.29 is 9.47 Å². The van der Waals surface area contributed by atoms with Crippen molar-refractivity contribution in [3.05, 3.63) is 18.2 Å². The summed E-state index contributed by atoms with van der Waals surface area (Å²) in [5, 5.41) is 20.7. The highest BCUT2D eigenvalue weighted by Crippen LogP contribution is 2.28. The summed E-state index contributed by atoms with van der Waals surface area (Å²) in [5.41, 5.74) is 2.82. The minimum atomic E-state index is -0.269. The van der Waals surface area contributed by atoms with Gasteiger partial charge in [-0.2, -0.15) is 15.6 Å². The predicted octanol–water partition coefficient (Wildman–Crippen LogP) is 1.52. The van der Waals surface area contributed by atoms with Crippen molar-refractivity contribution >= 4 is 11.4 Å². The molecule has 17 heavy (non-hydrogen) atoms. The molecular formula is C11H10N4O2. The maximum atomic E-state index is 8.53. The summed E-state index contributed by atoms with van der Waals surface area (Å²) in [6, 6.07) is 8.35. The molecule has 1 rings (SSSR count). The lowest BCUT2D eigenvalue weighted by Gasteiger charge is -2.09. The molecule has 0 unspecified atom stereocenters. The first-order chi connectivity index (χ1) is 8.24. The Morgan fingerprint density at radius 2 is 1.94 bits per heavy atom. The molecule has 86 valence electrons. The number of nitrogens with zero attached hydrogens (tertiary/aromatic N) is 3. The summed E-state index contributed by atoms with van der Waals surface area (Å²) in [6.07, 6.45) is 0. The molecule has 1 aromatic rings. The van der Waals surface area contributed by atoms with Gasteiger partial charge in [0.05, 0.1) is 14.2 Å². The number of rotatable bonds is 4. The molecule has 0 spiro atoms. The number of nitriles is 2. The second kappa shape index (κ2) is 5.99. The minimum Gasteiger partial charge on any atom is -0.497 e. The van der Waals surface area contributed by atoms with Gasteiger partial charge in [-0.25, -0.2) is 0 Å². The number of nitrogens with one attached hydrogen (secondary N) is 1. The zero-order valence-electron chi connectivity index (χ0n) is 9.39. The number of ether oxygens (including phenoxy) is 2. The highest BCUT2D eigenvalue weighted by atomic mass is 16.5. The Kier molecular flexibility index (Phi) is 4.34. The van der Waals surface area contributed by atoms with Gasteiger partial charge in [0.2, 0.25) is 5.71 Å². The Labute approximate surface area is 98.7 Å². The summed E-state index contributed by atoms with van der Waals surface area (Å²) in [5.74, 6) is 1.14. The molecular weight excluding hydrogens is 220 g/mol. The molecule has 0 aliphatic rings. The zero-order valence-corrected chi connectivity index (χ0v) is 9.39. The number of hydrazone groups is 1. The van der Waals surface area contributed by atoms with Crippen LogP contribution in [0.2, 0.25) is 0 Å². The van der Waals surface area contributed by atoms with Crippen molar-refractivity contribution in [1.82, 2.24) is 0 Å². The second-order valence-electron chi connectivity index (χ2n) is 2.86. The van der Waals surface area contributed by atoms with Gasteiger partial charge in [0.15, 0.2) is 0 Å². The normalized spacial score (nSPS) is 8.47. The molecule has 6 nitrogen and oxygen atoms in total. The number of hydrogen-bond acceptors (Lipinski definition) is 6. The molecule has 0 fully saturated rings. The lowest BCUT2D eigenvalue weighted by Crippen LogP contribution is -1.99. The van der Waals surface area contributed by atoms with Gasteiger partial charge in [-0.15, -0.1) is 0 Å². The smallest absolute Gasteiger partial charge is 0.237 e. The number of methoxy groups -OCH3 is 2. The van der Waals surface area contributed by atoms with E-state index in [9.17, 15) is 0 Å². The second-order valence-corrected chi connectivity index (χ2v) is 2.86. The van der Waals surface area contributed by atoms with E-state index in [1.807, 2.05) is 0 Å². The van der Waals surface area contributed by atoms with E-state index in [4.69, 9.17) is 20.0 Å². The topological polar surface area (TPSA) is 90.4 Å². The summed E-state index contributed by atoms with van der Waals surface area (Å²) >= 11 is 0. The van der Waals surface area contributed by atoms with Crippen LogP contribution in [0.4, 0.5) is 5.69 Å². The van der Waals surface area contributed by atoms with Crippen LogP contribution >= 0.6 is 0 Å². The highest BCUT2D eigenvalue weighted by Gasteiger charge is 2.04. The quantitative estimate of drug-likeness (QED) is 0.625. The fourth-order valence-corrected chi connectivity index (χ4v) is 1.09. The molecule has 0 aliphatic heterocycles. The molecule has 6 heteroatoms. The van der Waals surface area contributed by atoms with E-state index < -0.39 is 0 Å². The van der Waals surface area contributed by atoms with Crippen LogP contribution in [-0.4, -0.2) is 19.9 Å². The van der Waals surface area contributed by atoms with Crippen molar-refractivity contribution in [3.8, 4) is 23.6 Å². The van der Waals surface area contributed by atoms with E-state index in [-0.39, 0.29) is 5.71 Å². The van der Waals surface area contributed by atoms with Gasteiger partial charge in [-0.1, -0.05) is 0 Å². The van der Waals surface area contributed by atoms with E-state index in [0.29, 0.717) is 17.2 Å². The minimum absolute atomic E-state index is 0.269. The maximum absolute atomic E-state index is 8.53. The van der Waals surface area contributed by atoms with E-state index >= 15 is 0 Å². The van der Waals surface area contributed by atoms with Crippen LogP contribution in [0.25, 0.3) is 0 Å². The van der Waals surface area contributed by atoms with Gasteiger partial charge in [0.1, 0.15) is 29.3 Å². The van der Waals surface area contributed by atoms with E-state index in [0.717, 1.165) is 0 Å². The van der Waals surface area contributed by atoms with Gasteiger partial charge in [0, 0.05) is 6.07 Å². The Balaban J connectivity index is 3.01. The standard InChI is InChI=1S/C11H10N4O2/c1-16-9-3-4-11(17-2)10(5-9)15-14-8(6-12)7-13/h3-5,15H,1-2H3. The summed E-state index contributed by atoms with van der Waals surface area (Å²) in [7, 11) is 3.04. The first-order valence-corrected chi connectivity index (χ1v) is 4.61. The Morgan fingerprint density at radius 1 is 1.24 bits per heavy atom. The van der Waals surface area contributed by atoms with Crippen LogP contribution in [-0.2, 0) is 0 Å². The lowest BCUT2D eigenvalue weighted by molar-refractivity contribution is 0.404. The lowest BCUT2D eigenvalue weighted by atomic mass is 10.3. The Bertz CT molecular complexity index is 495. The van der Waals surface area contributed by atoms with Gasteiger partial charge in [-0.3, -0.25) is 5.43 Å². The molecule has 0 saturated heterocycles. The van der Waals surface area contributed by atoms with Gasteiger partial charge >= 0.3 is 0 Å². The largest absolute Gasteiger partial charge is 0.497 e. The van der Waals surface area contributed by atoms with Crippen molar-refractivity contribution in [2.75, 3.05) is 19.6 Å². The monoisotopic (exact) mass is 230 g/mol. The van der Waals surface area contributed by atoms with Crippen molar-refractivity contribution in [2.24, 2.45) is 5.10 Å².